The van der Waals surface area contributed by atoms with Gasteiger partial charge in [0, 0.05) is 61.8 Å². The molecular weight excluding hydrogens is 348 g/mol. The van der Waals surface area contributed by atoms with Crippen LogP contribution in [0.2, 0.25) is 0 Å². The molecule has 0 bridgehead atoms. The van der Waals surface area contributed by atoms with Crippen LogP contribution in [0.3, 0.4) is 0 Å². The van der Waals surface area contributed by atoms with Crippen molar-refractivity contribution in [3.8, 4) is 0 Å². The molecule has 27 heavy (non-hydrogen) atoms. The van der Waals surface area contributed by atoms with Gasteiger partial charge in [-0.1, -0.05) is 0 Å². The predicted octanol–water partition coefficient (Wildman–Crippen LogP) is 3.84. The monoisotopic (exact) mass is 370 g/mol. The minimum atomic E-state index is -0.377. The molecule has 8 heteroatoms. The Morgan fingerprint density at radius 1 is 0.741 bits per heavy atom. The van der Waals surface area contributed by atoms with Crippen molar-refractivity contribution in [2.45, 2.75) is 20.3 Å². The SMILES string of the molecule is Cc1cc([N+](=O)[O-])ccc1N1CCCN(c2ccc([N+](=O)[O-])cc2C)CC1. The molecule has 0 amide bonds. The van der Waals surface area contributed by atoms with Crippen molar-refractivity contribution in [1.29, 1.82) is 0 Å². The fraction of sp³-hybridized carbons (Fsp3) is 0.368. The Bertz CT molecular complexity index is 813. The maximum atomic E-state index is 10.9. The largest absolute Gasteiger partial charge is 0.369 e. The summed E-state index contributed by atoms with van der Waals surface area (Å²) in [6.45, 7) is 7.09. The second-order valence-electron chi connectivity index (χ2n) is 6.78. The molecule has 1 saturated heterocycles. The quantitative estimate of drug-likeness (QED) is 0.600. The highest BCUT2D eigenvalue weighted by atomic mass is 16.6. The standard InChI is InChI=1S/C19H22N4O4/c1-14-12-16(22(24)25)4-6-18(14)20-8-3-9-21(11-10-20)19-7-5-17(23(26)27)13-15(19)2/h4-7,12-13H,3,8-11H2,1-2H3. The third-order valence-corrected chi connectivity index (χ3v) is 4.96. The highest BCUT2D eigenvalue weighted by molar-refractivity contribution is 5.60. The van der Waals surface area contributed by atoms with Gasteiger partial charge in [0.25, 0.3) is 11.4 Å². The molecule has 0 aliphatic carbocycles. The van der Waals surface area contributed by atoms with E-state index in [4.69, 9.17) is 0 Å². The van der Waals surface area contributed by atoms with Gasteiger partial charge in [-0.05, 0) is 43.5 Å². The number of hydrogen-bond acceptors (Lipinski definition) is 6. The summed E-state index contributed by atoms with van der Waals surface area (Å²) in [5, 5.41) is 21.9. The van der Waals surface area contributed by atoms with Gasteiger partial charge >= 0.3 is 0 Å². The minimum absolute atomic E-state index is 0.106. The predicted molar refractivity (Wildman–Crippen MR) is 105 cm³/mol. The molecule has 3 rings (SSSR count). The van der Waals surface area contributed by atoms with Gasteiger partial charge in [-0.25, -0.2) is 0 Å². The van der Waals surface area contributed by atoms with Crippen LogP contribution in [0.4, 0.5) is 22.7 Å². The summed E-state index contributed by atoms with van der Waals surface area (Å²) in [7, 11) is 0. The molecule has 1 aliphatic rings. The van der Waals surface area contributed by atoms with E-state index in [-0.39, 0.29) is 21.2 Å². The minimum Gasteiger partial charge on any atom is -0.369 e. The first-order chi connectivity index (χ1) is 12.9. The normalized spacial score (nSPS) is 14.7. The van der Waals surface area contributed by atoms with Crippen LogP contribution in [0, 0.1) is 34.1 Å². The molecule has 2 aromatic rings. The van der Waals surface area contributed by atoms with Crippen LogP contribution in [0.1, 0.15) is 17.5 Å². The van der Waals surface area contributed by atoms with E-state index in [1.54, 1.807) is 24.3 Å². The molecule has 1 aliphatic heterocycles. The number of hydrogen-bond donors (Lipinski definition) is 0. The van der Waals surface area contributed by atoms with Crippen molar-refractivity contribution in [3.05, 3.63) is 67.8 Å². The summed E-state index contributed by atoms with van der Waals surface area (Å²) in [4.78, 5) is 25.6. The summed E-state index contributed by atoms with van der Waals surface area (Å²) < 4.78 is 0. The zero-order valence-electron chi connectivity index (χ0n) is 15.4. The van der Waals surface area contributed by atoms with Crippen LogP contribution in [0.5, 0.6) is 0 Å². The van der Waals surface area contributed by atoms with Gasteiger partial charge in [0.15, 0.2) is 0 Å². The zero-order chi connectivity index (χ0) is 19.6. The highest BCUT2D eigenvalue weighted by Gasteiger charge is 2.20. The average Bonchev–Trinajstić information content (AvgIpc) is 2.87. The van der Waals surface area contributed by atoms with Gasteiger partial charge in [0.1, 0.15) is 0 Å². The zero-order valence-corrected chi connectivity index (χ0v) is 15.4. The number of rotatable bonds is 4. The molecule has 142 valence electrons. The topological polar surface area (TPSA) is 92.8 Å². The molecule has 1 fully saturated rings. The number of nitro benzene ring substituents is 2. The van der Waals surface area contributed by atoms with E-state index < -0.39 is 0 Å². The Kier molecular flexibility index (Phi) is 5.25. The summed E-state index contributed by atoms with van der Waals surface area (Å²) in [6.07, 6.45) is 0.937. The number of anilines is 2. The third-order valence-electron chi connectivity index (χ3n) is 4.96. The van der Waals surface area contributed by atoms with Crippen LogP contribution in [-0.2, 0) is 0 Å². The summed E-state index contributed by atoms with van der Waals surface area (Å²) in [6, 6.07) is 9.95. The summed E-state index contributed by atoms with van der Waals surface area (Å²) in [5.74, 6) is 0. The van der Waals surface area contributed by atoms with Crippen LogP contribution < -0.4 is 9.80 Å². The Hall–Kier alpha value is -3.16. The van der Waals surface area contributed by atoms with Crippen LogP contribution in [0.25, 0.3) is 0 Å². The van der Waals surface area contributed by atoms with Crippen molar-refractivity contribution < 1.29 is 9.85 Å². The van der Waals surface area contributed by atoms with E-state index in [1.807, 2.05) is 26.0 Å². The van der Waals surface area contributed by atoms with E-state index in [9.17, 15) is 20.2 Å². The number of aryl methyl sites for hydroxylation is 2. The molecule has 0 saturated carbocycles. The molecular formula is C19H22N4O4. The Labute approximate surface area is 157 Å². The van der Waals surface area contributed by atoms with Crippen molar-refractivity contribution in [2.24, 2.45) is 0 Å². The second-order valence-corrected chi connectivity index (χ2v) is 6.78. The maximum Gasteiger partial charge on any atom is 0.269 e. The molecule has 8 nitrogen and oxygen atoms in total. The Morgan fingerprint density at radius 3 is 1.48 bits per heavy atom. The molecule has 0 atom stereocenters. The smallest absolute Gasteiger partial charge is 0.269 e. The van der Waals surface area contributed by atoms with Crippen LogP contribution >= 0.6 is 0 Å². The number of benzene rings is 2. The first kappa shape index (κ1) is 18.6. The first-order valence-corrected chi connectivity index (χ1v) is 8.87. The summed E-state index contributed by atoms with van der Waals surface area (Å²) >= 11 is 0. The fourth-order valence-electron chi connectivity index (χ4n) is 3.62. The molecule has 0 N–H and O–H groups in total. The lowest BCUT2D eigenvalue weighted by molar-refractivity contribution is -0.385. The van der Waals surface area contributed by atoms with Gasteiger partial charge in [-0.3, -0.25) is 20.2 Å². The molecule has 0 radical (unpaired) electrons. The van der Waals surface area contributed by atoms with E-state index in [0.29, 0.717) is 0 Å². The molecule has 2 aromatic carbocycles. The van der Waals surface area contributed by atoms with Gasteiger partial charge in [0.2, 0.25) is 0 Å². The maximum absolute atomic E-state index is 10.9. The van der Waals surface area contributed by atoms with Crippen molar-refractivity contribution in [1.82, 2.24) is 0 Å². The average molecular weight is 370 g/mol. The van der Waals surface area contributed by atoms with E-state index in [1.165, 1.54) is 0 Å². The van der Waals surface area contributed by atoms with Crippen molar-refractivity contribution in [3.63, 3.8) is 0 Å². The van der Waals surface area contributed by atoms with E-state index in [0.717, 1.165) is 55.1 Å². The van der Waals surface area contributed by atoms with Gasteiger partial charge in [-0.15, -0.1) is 0 Å². The first-order valence-electron chi connectivity index (χ1n) is 8.87. The van der Waals surface area contributed by atoms with Crippen LogP contribution in [-0.4, -0.2) is 36.0 Å². The summed E-state index contributed by atoms with van der Waals surface area (Å²) in [5.41, 5.74) is 4.03. The molecule has 0 aromatic heterocycles. The third kappa shape index (κ3) is 3.99. The Balaban J connectivity index is 1.76. The number of nitrogens with zero attached hydrogens (tertiary/aromatic N) is 4. The number of non-ortho nitro benzene ring substituents is 2. The lowest BCUT2D eigenvalue weighted by Gasteiger charge is -2.26. The van der Waals surface area contributed by atoms with Gasteiger partial charge < -0.3 is 9.80 Å². The van der Waals surface area contributed by atoms with E-state index >= 15 is 0 Å². The fourth-order valence-corrected chi connectivity index (χ4v) is 3.62. The molecule has 0 unspecified atom stereocenters. The number of nitro groups is 2. The van der Waals surface area contributed by atoms with Gasteiger partial charge in [0.05, 0.1) is 9.85 Å². The molecule has 1 heterocycles. The van der Waals surface area contributed by atoms with Crippen LogP contribution in [0.15, 0.2) is 36.4 Å². The van der Waals surface area contributed by atoms with Crippen molar-refractivity contribution >= 4 is 22.7 Å². The Morgan fingerprint density at radius 2 is 1.15 bits per heavy atom. The molecule has 0 spiro atoms. The lowest BCUT2D eigenvalue weighted by atomic mass is 10.1. The second kappa shape index (κ2) is 7.61. The highest BCUT2D eigenvalue weighted by Crippen LogP contribution is 2.28. The van der Waals surface area contributed by atoms with Gasteiger partial charge in [-0.2, -0.15) is 0 Å². The lowest BCUT2D eigenvalue weighted by Crippen LogP contribution is -2.31. The van der Waals surface area contributed by atoms with E-state index in [2.05, 4.69) is 9.80 Å². The van der Waals surface area contributed by atoms with Crippen molar-refractivity contribution in [2.75, 3.05) is 36.0 Å².